The van der Waals surface area contributed by atoms with Gasteiger partial charge in [-0.2, -0.15) is 0 Å². The van der Waals surface area contributed by atoms with Crippen molar-refractivity contribution in [2.24, 2.45) is 0 Å². The van der Waals surface area contributed by atoms with Crippen LogP contribution < -0.4 is 4.74 Å². The second kappa shape index (κ2) is 6.71. The molecule has 1 aliphatic rings. The van der Waals surface area contributed by atoms with E-state index in [1.54, 1.807) is 24.9 Å². The Kier molecular flexibility index (Phi) is 4.88. The molecular weight excluding hydrogens is 361 g/mol. The highest BCUT2D eigenvalue weighted by atomic mass is 35.5. The molecule has 0 aliphatic carbocycles. The standard InChI is InChI=1S/C15H13Cl2NO2S2/c1-20-10-4-2-9(3-5-10)15-18(6-7-21-15)14(19)11-8-12(16)22-13(11)17/h2-5,8,15H,6-7H2,1H3. The van der Waals surface area contributed by atoms with E-state index in [9.17, 15) is 4.79 Å². The Bertz CT molecular complexity index is 687. The number of carbonyl (C=O) groups is 1. The van der Waals surface area contributed by atoms with Crippen molar-refractivity contribution in [2.45, 2.75) is 5.37 Å². The summed E-state index contributed by atoms with van der Waals surface area (Å²) >= 11 is 15.0. The third-order valence-corrected chi connectivity index (χ3v) is 6.19. The van der Waals surface area contributed by atoms with Crippen LogP contribution in [0, 0.1) is 0 Å². The highest BCUT2D eigenvalue weighted by Crippen LogP contribution is 2.41. The van der Waals surface area contributed by atoms with Crippen LogP contribution in [0.25, 0.3) is 0 Å². The van der Waals surface area contributed by atoms with Gasteiger partial charge in [0.2, 0.25) is 0 Å². The number of ether oxygens (including phenoxy) is 1. The van der Waals surface area contributed by atoms with E-state index in [0.29, 0.717) is 20.8 Å². The zero-order valence-electron chi connectivity index (χ0n) is 11.7. The molecule has 0 radical (unpaired) electrons. The van der Waals surface area contributed by atoms with Gasteiger partial charge in [-0.15, -0.1) is 23.1 Å². The molecule has 3 rings (SSSR count). The van der Waals surface area contributed by atoms with Gasteiger partial charge in [0, 0.05) is 12.3 Å². The summed E-state index contributed by atoms with van der Waals surface area (Å²) in [7, 11) is 1.64. The van der Waals surface area contributed by atoms with Gasteiger partial charge in [-0.3, -0.25) is 4.79 Å². The summed E-state index contributed by atoms with van der Waals surface area (Å²) in [5.41, 5.74) is 1.56. The lowest BCUT2D eigenvalue weighted by atomic mass is 10.2. The first-order chi connectivity index (χ1) is 10.6. The molecule has 7 heteroatoms. The van der Waals surface area contributed by atoms with Crippen molar-refractivity contribution in [2.75, 3.05) is 19.4 Å². The number of benzene rings is 1. The molecule has 1 amide bonds. The molecule has 1 saturated heterocycles. The van der Waals surface area contributed by atoms with Crippen molar-refractivity contribution in [1.29, 1.82) is 0 Å². The average molecular weight is 374 g/mol. The highest BCUT2D eigenvalue weighted by molar-refractivity contribution is 7.99. The Balaban J connectivity index is 1.86. The maximum absolute atomic E-state index is 12.7. The molecule has 0 N–H and O–H groups in total. The molecule has 22 heavy (non-hydrogen) atoms. The van der Waals surface area contributed by atoms with E-state index in [2.05, 4.69) is 0 Å². The summed E-state index contributed by atoms with van der Waals surface area (Å²) in [4.78, 5) is 14.6. The zero-order chi connectivity index (χ0) is 15.7. The molecule has 0 spiro atoms. The van der Waals surface area contributed by atoms with Gasteiger partial charge < -0.3 is 9.64 Å². The van der Waals surface area contributed by atoms with Crippen LogP contribution in [0.1, 0.15) is 21.3 Å². The summed E-state index contributed by atoms with van der Waals surface area (Å²) in [6.07, 6.45) is 0. The van der Waals surface area contributed by atoms with E-state index in [1.165, 1.54) is 11.3 Å². The number of thiophene rings is 1. The number of methoxy groups -OCH3 is 1. The maximum Gasteiger partial charge on any atom is 0.257 e. The Morgan fingerprint density at radius 1 is 1.32 bits per heavy atom. The molecule has 1 fully saturated rings. The summed E-state index contributed by atoms with van der Waals surface area (Å²) in [6, 6.07) is 9.44. The molecule has 1 aliphatic heterocycles. The van der Waals surface area contributed by atoms with Crippen molar-refractivity contribution in [1.82, 2.24) is 4.90 Å². The van der Waals surface area contributed by atoms with Gasteiger partial charge in [-0.25, -0.2) is 0 Å². The van der Waals surface area contributed by atoms with Crippen LogP contribution in [0.2, 0.25) is 8.67 Å². The van der Waals surface area contributed by atoms with Gasteiger partial charge in [-0.05, 0) is 23.8 Å². The van der Waals surface area contributed by atoms with Crippen LogP contribution in [0.4, 0.5) is 0 Å². The molecule has 1 aromatic carbocycles. The van der Waals surface area contributed by atoms with Crippen LogP contribution in [-0.4, -0.2) is 30.2 Å². The fourth-order valence-corrected chi connectivity index (χ4v) is 5.07. The Morgan fingerprint density at radius 3 is 2.64 bits per heavy atom. The third kappa shape index (κ3) is 3.08. The number of carbonyl (C=O) groups excluding carboxylic acids is 1. The van der Waals surface area contributed by atoms with Crippen molar-refractivity contribution in [3.63, 3.8) is 0 Å². The van der Waals surface area contributed by atoms with Gasteiger partial charge in [-0.1, -0.05) is 35.3 Å². The van der Waals surface area contributed by atoms with E-state index in [1.807, 2.05) is 29.2 Å². The van der Waals surface area contributed by atoms with E-state index >= 15 is 0 Å². The molecule has 0 bridgehead atoms. The van der Waals surface area contributed by atoms with Crippen LogP contribution in [0.5, 0.6) is 5.75 Å². The molecule has 0 saturated carbocycles. The molecule has 2 heterocycles. The summed E-state index contributed by atoms with van der Waals surface area (Å²) in [5.74, 6) is 1.63. The lowest BCUT2D eigenvalue weighted by Crippen LogP contribution is -2.30. The van der Waals surface area contributed by atoms with Crippen LogP contribution in [0.15, 0.2) is 30.3 Å². The number of nitrogens with zero attached hydrogens (tertiary/aromatic N) is 1. The second-order valence-corrected chi connectivity index (χ2v) is 8.21. The topological polar surface area (TPSA) is 29.5 Å². The van der Waals surface area contributed by atoms with E-state index in [4.69, 9.17) is 27.9 Å². The highest BCUT2D eigenvalue weighted by Gasteiger charge is 2.32. The van der Waals surface area contributed by atoms with Gasteiger partial charge >= 0.3 is 0 Å². The number of rotatable bonds is 3. The quantitative estimate of drug-likeness (QED) is 0.761. The summed E-state index contributed by atoms with van der Waals surface area (Å²) < 4.78 is 6.15. The number of hydrogen-bond donors (Lipinski definition) is 0. The van der Waals surface area contributed by atoms with E-state index in [-0.39, 0.29) is 11.3 Å². The number of amides is 1. The molecule has 2 aromatic rings. The first-order valence-electron chi connectivity index (χ1n) is 6.61. The fraction of sp³-hybridized carbons (Fsp3) is 0.267. The molecule has 116 valence electrons. The van der Waals surface area contributed by atoms with Crippen molar-refractivity contribution in [3.8, 4) is 5.75 Å². The molecular formula is C15H13Cl2NO2S2. The molecule has 1 aromatic heterocycles. The fourth-order valence-electron chi connectivity index (χ4n) is 2.36. The minimum Gasteiger partial charge on any atom is -0.497 e. The van der Waals surface area contributed by atoms with Gasteiger partial charge in [0.1, 0.15) is 15.5 Å². The summed E-state index contributed by atoms with van der Waals surface area (Å²) in [5, 5.41) is -0.00634. The predicted octanol–water partition coefficient (Wildman–Crippen LogP) is 4.95. The molecule has 1 unspecified atom stereocenters. The first kappa shape index (κ1) is 16.0. The average Bonchev–Trinajstić information content (AvgIpc) is 3.13. The SMILES string of the molecule is COc1ccc(C2SCCN2C(=O)c2cc(Cl)sc2Cl)cc1. The lowest BCUT2D eigenvalue weighted by molar-refractivity contribution is 0.0761. The predicted molar refractivity (Wildman–Crippen MR) is 93.6 cm³/mol. The maximum atomic E-state index is 12.7. The van der Waals surface area contributed by atoms with Crippen LogP contribution >= 0.6 is 46.3 Å². The van der Waals surface area contributed by atoms with E-state index in [0.717, 1.165) is 17.1 Å². The number of hydrogen-bond acceptors (Lipinski definition) is 4. The van der Waals surface area contributed by atoms with Gasteiger partial charge in [0.25, 0.3) is 5.91 Å². The lowest BCUT2D eigenvalue weighted by Gasteiger charge is -2.24. The van der Waals surface area contributed by atoms with Crippen LogP contribution in [0.3, 0.4) is 0 Å². The Morgan fingerprint density at radius 2 is 2.05 bits per heavy atom. The number of halogens is 2. The van der Waals surface area contributed by atoms with Gasteiger partial charge in [0.15, 0.2) is 0 Å². The Labute approximate surface area is 147 Å². The van der Waals surface area contributed by atoms with Crippen molar-refractivity contribution < 1.29 is 9.53 Å². The minimum absolute atomic E-state index is 0.00634. The van der Waals surface area contributed by atoms with E-state index < -0.39 is 0 Å². The first-order valence-corrected chi connectivity index (χ1v) is 9.23. The van der Waals surface area contributed by atoms with Crippen molar-refractivity contribution >= 4 is 52.2 Å². The summed E-state index contributed by atoms with van der Waals surface area (Å²) in [6.45, 7) is 0.698. The second-order valence-electron chi connectivity index (χ2n) is 4.73. The zero-order valence-corrected chi connectivity index (χ0v) is 14.9. The molecule has 1 atom stereocenters. The molecule has 3 nitrogen and oxygen atoms in total. The van der Waals surface area contributed by atoms with Gasteiger partial charge in [0.05, 0.1) is 17.0 Å². The van der Waals surface area contributed by atoms with Crippen molar-refractivity contribution in [3.05, 3.63) is 50.1 Å². The number of thioether (sulfide) groups is 1. The third-order valence-electron chi connectivity index (χ3n) is 3.44. The normalized spacial score (nSPS) is 17.8. The van der Waals surface area contributed by atoms with Crippen LogP contribution in [-0.2, 0) is 0 Å². The largest absolute Gasteiger partial charge is 0.497 e. The minimum atomic E-state index is -0.0704. The smallest absolute Gasteiger partial charge is 0.257 e. The Hall–Kier alpha value is -0.880. The monoisotopic (exact) mass is 373 g/mol.